The highest BCUT2D eigenvalue weighted by molar-refractivity contribution is 5.72. The Kier molecular flexibility index (Phi) is 44.3. The number of ether oxygens (including phenoxy) is 3. The van der Waals surface area contributed by atoms with Crippen molar-refractivity contribution in [2.24, 2.45) is 0 Å². The Morgan fingerprint density at radius 1 is 0.361 bits per heavy atom. The molecule has 1 atom stereocenters. The van der Waals surface area contributed by atoms with Crippen LogP contribution in [0.1, 0.15) is 162 Å². The van der Waals surface area contributed by atoms with Gasteiger partial charge in [-0.25, -0.2) is 0 Å². The van der Waals surface area contributed by atoms with Gasteiger partial charge in [0, 0.05) is 12.8 Å². The zero-order valence-electron chi connectivity index (χ0n) is 38.4. The van der Waals surface area contributed by atoms with Crippen molar-refractivity contribution in [1.82, 2.24) is 0 Å². The Morgan fingerprint density at radius 3 is 1.28 bits per heavy atom. The fraction of sp³-hybridized carbons (Fsp3) is 0.509. The highest BCUT2D eigenvalue weighted by atomic mass is 16.6. The summed E-state index contributed by atoms with van der Waals surface area (Å²) in [5.74, 6) is -1.14. The SMILES string of the molecule is CC\C=C/C=C\C=C/C=C\CCCCCCCC(=O)OC(COC(=O)C/C=C\C/C=C\C/C=C\CC)COC(=O)CCCCC/C=C\C/C=C\C/C=C\C/C=C\C/C=C\CC. The zero-order valence-corrected chi connectivity index (χ0v) is 38.4. The van der Waals surface area contributed by atoms with Crippen molar-refractivity contribution in [3.05, 3.63) is 146 Å². The zero-order chi connectivity index (χ0) is 44.4. The van der Waals surface area contributed by atoms with Gasteiger partial charge in [-0.1, -0.05) is 192 Å². The maximum atomic E-state index is 12.7. The monoisotopic (exact) mass is 839 g/mol. The van der Waals surface area contributed by atoms with Crippen molar-refractivity contribution in [2.75, 3.05) is 13.2 Å². The number of hydrogen-bond donors (Lipinski definition) is 0. The van der Waals surface area contributed by atoms with E-state index in [9.17, 15) is 14.4 Å². The second-order valence-corrected chi connectivity index (χ2v) is 14.6. The van der Waals surface area contributed by atoms with Crippen LogP contribution in [0.25, 0.3) is 0 Å². The molecular formula is C55H82O6. The first-order valence-corrected chi connectivity index (χ1v) is 23.4. The van der Waals surface area contributed by atoms with Gasteiger partial charge in [-0.3, -0.25) is 14.4 Å². The van der Waals surface area contributed by atoms with Crippen molar-refractivity contribution >= 4 is 17.9 Å². The molecule has 6 heteroatoms. The minimum absolute atomic E-state index is 0.116. The lowest BCUT2D eigenvalue weighted by Gasteiger charge is -2.18. The Balaban J connectivity index is 4.54. The number of rotatable bonds is 39. The number of allylic oxidation sites excluding steroid dienone is 23. The van der Waals surface area contributed by atoms with E-state index in [-0.39, 0.29) is 38.0 Å². The molecule has 0 saturated carbocycles. The van der Waals surface area contributed by atoms with E-state index in [1.54, 1.807) is 6.08 Å². The van der Waals surface area contributed by atoms with Crippen LogP contribution in [-0.2, 0) is 28.6 Å². The van der Waals surface area contributed by atoms with E-state index in [1.165, 1.54) is 0 Å². The lowest BCUT2D eigenvalue weighted by atomic mass is 10.1. The minimum atomic E-state index is -0.844. The molecule has 0 aromatic heterocycles. The fourth-order valence-electron chi connectivity index (χ4n) is 5.54. The molecule has 0 fully saturated rings. The highest BCUT2D eigenvalue weighted by Crippen LogP contribution is 2.11. The van der Waals surface area contributed by atoms with E-state index in [2.05, 4.69) is 130 Å². The van der Waals surface area contributed by atoms with Gasteiger partial charge in [0.2, 0.25) is 0 Å². The molecule has 0 bridgehead atoms. The van der Waals surface area contributed by atoms with E-state index in [4.69, 9.17) is 14.2 Å². The van der Waals surface area contributed by atoms with Crippen LogP contribution in [-0.4, -0.2) is 37.2 Å². The fourth-order valence-corrected chi connectivity index (χ4v) is 5.54. The number of hydrogen-bond acceptors (Lipinski definition) is 6. The summed E-state index contributed by atoms with van der Waals surface area (Å²) in [5.41, 5.74) is 0. The number of esters is 3. The molecule has 6 nitrogen and oxygen atoms in total. The molecule has 0 radical (unpaired) electrons. The molecule has 0 aliphatic carbocycles. The van der Waals surface area contributed by atoms with Gasteiger partial charge in [-0.05, 0) is 96.3 Å². The van der Waals surface area contributed by atoms with Crippen LogP contribution in [0.5, 0.6) is 0 Å². The lowest BCUT2D eigenvalue weighted by Crippen LogP contribution is -2.30. The van der Waals surface area contributed by atoms with E-state index in [0.29, 0.717) is 6.42 Å². The molecule has 0 aromatic carbocycles. The topological polar surface area (TPSA) is 78.9 Å². The van der Waals surface area contributed by atoms with Crippen molar-refractivity contribution < 1.29 is 28.6 Å². The summed E-state index contributed by atoms with van der Waals surface area (Å²) in [6.45, 7) is 6.08. The Bertz CT molecular complexity index is 1430. The average molecular weight is 839 g/mol. The van der Waals surface area contributed by atoms with Crippen LogP contribution >= 0.6 is 0 Å². The van der Waals surface area contributed by atoms with Crippen LogP contribution in [0, 0.1) is 0 Å². The summed E-state index contributed by atoms with van der Waals surface area (Å²) in [6.07, 6.45) is 68.6. The summed E-state index contributed by atoms with van der Waals surface area (Å²) in [4.78, 5) is 37.7. The second-order valence-electron chi connectivity index (χ2n) is 14.6. The standard InChI is InChI=1S/C55H82O6/c1-4-7-10-13-16-19-21-23-25-26-27-28-30-31-33-36-39-42-45-48-54(57)60-51-52(50-59-53(56)47-44-41-38-35-18-15-12-9-6-3)61-55(58)49-46-43-40-37-34-32-29-24-22-20-17-14-11-8-5-2/h7-12,14,16-20,22-25,27-29,31,33,35,41,44,52H,4-6,13,15,21,26,30,32,34,36-40,42-43,45-51H2,1-3H3/b10-7-,11-8-,12-9-,17-14-,19-16-,22-20-,25-23-,28-27-,29-24-,33-31-,35-18-,44-41-. The highest BCUT2D eigenvalue weighted by Gasteiger charge is 2.19. The Labute approximate surface area is 372 Å². The molecule has 0 rings (SSSR count). The molecule has 0 saturated heterocycles. The van der Waals surface area contributed by atoms with Crippen molar-refractivity contribution in [2.45, 2.75) is 168 Å². The van der Waals surface area contributed by atoms with Crippen molar-refractivity contribution in [1.29, 1.82) is 0 Å². The van der Waals surface area contributed by atoms with Crippen molar-refractivity contribution in [3.8, 4) is 0 Å². The summed E-state index contributed by atoms with van der Waals surface area (Å²) in [7, 11) is 0. The third-order valence-corrected chi connectivity index (χ3v) is 8.95. The van der Waals surface area contributed by atoms with Gasteiger partial charge >= 0.3 is 17.9 Å². The molecule has 1 unspecified atom stereocenters. The maximum Gasteiger partial charge on any atom is 0.309 e. The summed E-state index contributed by atoms with van der Waals surface area (Å²) in [5, 5.41) is 0. The molecule has 0 aliphatic rings. The van der Waals surface area contributed by atoms with Gasteiger partial charge < -0.3 is 14.2 Å². The molecule has 338 valence electrons. The number of unbranched alkanes of at least 4 members (excludes halogenated alkanes) is 8. The number of carbonyl (C=O) groups is 3. The predicted molar refractivity (Wildman–Crippen MR) is 260 cm³/mol. The van der Waals surface area contributed by atoms with Gasteiger partial charge in [0.1, 0.15) is 13.2 Å². The smallest absolute Gasteiger partial charge is 0.309 e. The van der Waals surface area contributed by atoms with Crippen LogP contribution in [0.15, 0.2) is 146 Å². The molecule has 0 spiro atoms. The van der Waals surface area contributed by atoms with Gasteiger partial charge in [0.15, 0.2) is 6.10 Å². The first-order chi connectivity index (χ1) is 30.0. The molecule has 0 amide bonds. The van der Waals surface area contributed by atoms with Crippen LogP contribution in [0.3, 0.4) is 0 Å². The Hall–Kier alpha value is -4.71. The minimum Gasteiger partial charge on any atom is -0.462 e. The largest absolute Gasteiger partial charge is 0.462 e. The molecular weight excluding hydrogens is 757 g/mol. The van der Waals surface area contributed by atoms with Gasteiger partial charge in [0.25, 0.3) is 0 Å². The van der Waals surface area contributed by atoms with Gasteiger partial charge in [-0.2, -0.15) is 0 Å². The van der Waals surface area contributed by atoms with Crippen molar-refractivity contribution in [3.63, 3.8) is 0 Å². The summed E-state index contributed by atoms with van der Waals surface area (Å²) in [6, 6.07) is 0. The average Bonchev–Trinajstić information content (AvgIpc) is 3.26. The third kappa shape index (κ3) is 46.2. The van der Waals surface area contributed by atoms with E-state index < -0.39 is 12.1 Å². The van der Waals surface area contributed by atoms with Gasteiger partial charge in [-0.15, -0.1) is 0 Å². The molecule has 0 aromatic rings. The Morgan fingerprint density at radius 2 is 0.738 bits per heavy atom. The normalized spacial score (nSPS) is 13.4. The summed E-state index contributed by atoms with van der Waals surface area (Å²) >= 11 is 0. The molecule has 0 aliphatic heterocycles. The van der Waals surface area contributed by atoms with E-state index in [0.717, 1.165) is 122 Å². The predicted octanol–water partition coefficient (Wildman–Crippen LogP) is 15.3. The maximum absolute atomic E-state index is 12.7. The number of carbonyl (C=O) groups excluding carboxylic acids is 3. The summed E-state index contributed by atoms with van der Waals surface area (Å²) < 4.78 is 16.6. The quantitative estimate of drug-likeness (QED) is 0.0202. The second kappa shape index (κ2) is 48.0. The van der Waals surface area contributed by atoms with E-state index in [1.807, 2.05) is 30.4 Å². The van der Waals surface area contributed by atoms with Crippen LogP contribution < -0.4 is 0 Å². The molecule has 61 heavy (non-hydrogen) atoms. The first kappa shape index (κ1) is 56.3. The van der Waals surface area contributed by atoms with E-state index >= 15 is 0 Å². The lowest BCUT2D eigenvalue weighted by molar-refractivity contribution is -0.166. The first-order valence-electron chi connectivity index (χ1n) is 23.4. The molecule has 0 heterocycles. The van der Waals surface area contributed by atoms with Crippen LogP contribution in [0.4, 0.5) is 0 Å². The third-order valence-electron chi connectivity index (χ3n) is 8.95. The van der Waals surface area contributed by atoms with Gasteiger partial charge in [0.05, 0.1) is 6.42 Å². The molecule has 0 N–H and O–H groups in total. The van der Waals surface area contributed by atoms with Crippen LogP contribution in [0.2, 0.25) is 0 Å².